The number of amides is 1. The standard InChI is InChI=1S/C16H18FN3O3S/c17-14-6-11(7-18-20-16-19-15(21)10-24-16)3-4-12(14)8-22-9-13-2-1-5-23-13/h3-4,6-7,13H,1-2,5,8-10H2,(H,19,20,21). The van der Waals surface area contributed by atoms with E-state index in [1.165, 1.54) is 24.0 Å². The Balaban J connectivity index is 1.51. The van der Waals surface area contributed by atoms with Gasteiger partial charge in [0.1, 0.15) is 5.82 Å². The summed E-state index contributed by atoms with van der Waals surface area (Å²) in [7, 11) is 0. The fraction of sp³-hybridized carbons (Fsp3) is 0.438. The smallest absolute Gasteiger partial charge is 0.236 e. The molecule has 0 radical (unpaired) electrons. The van der Waals surface area contributed by atoms with Gasteiger partial charge >= 0.3 is 0 Å². The molecular weight excluding hydrogens is 333 g/mol. The van der Waals surface area contributed by atoms with E-state index >= 15 is 0 Å². The van der Waals surface area contributed by atoms with Crippen molar-refractivity contribution in [2.45, 2.75) is 25.6 Å². The molecule has 128 valence electrons. The molecule has 1 aromatic rings. The number of nitrogens with zero attached hydrogens (tertiary/aromatic N) is 2. The van der Waals surface area contributed by atoms with Crippen LogP contribution >= 0.6 is 11.8 Å². The first-order valence-corrected chi connectivity index (χ1v) is 8.71. The van der Waals surface area contributed by atoms with E-state index in [2.05, 4.69) is 15.5 Å². The Morgan fingerprint density at radius 1 is 1.50 bits per heavy atom. The molecule has 1 atom stereocenters. The molecule has 1 aromatic carbocycles. The molecule has 0 aliphatic carbocycles. The Morgan fingerprint density at radius 3 is 3.12 bits per heavy atom. The first-order valence-electron chi connectivity index (χ1n) is 7.72. The molecule has 0 bridgehead atoms. The van der Waals surface area contributed by atoms with Crippen molar-refractivity contribution in [2.75, 3.05) is 19.0 Å². The summed E-state index contributed by atoms with van der Waals surface area (Å²) in [5.41, 5.74) is 1.09. The normalized spacial score (nSPS) is 22.6. The fourth-order valence-electron chi connectivity index (χ4n) is 2.36. The van der Waals surface area contributed by atoms with Crippen molar-refractivity contribution in [2.24, 2.45) is 10.2 Å². The average molecular weight is 351 g/mol. The topological polar surface area (TPSA) is 72.3 Å². The molecule has 24 heavy (non-hydrogen) atoms. The van der Waals surface area contributed by atoms with Crippen molar-refractivity contribution in [3.63, 3.8) is 0 Å². The van der Waals surface area contributed by atoms with Gasteiger partial charge < -0.3 is 14.8 Å². The molecule has 0 spiro atoms. The number of ether oxygens (including phenoxy) is 2. The van der Waals surface area contributed by atoms with E-state index < -0.39 is 0 Å². The van der Waals surface area contributed by atoms with Gasteiger partial charge in [-0.3, -0.25) is 4.79 Å². The lowest BCUT2D eigenvalue weighted by molar-refractivity contribution is -0.116. The number of nitrogens with one attached hydrogen (secondary N) is 1. The lowest BCUT2D eigenvalue weighted by atomic mass is 10.1. The largest absolute Gasteiger partial charge is 0.376 e. The van der Waals surface area contributed by atoms with E-state index in [1.54, 1.807) is 12.1 Å². The summed E-state index contributed by atoms with van der Waals surface area (Å²) in [4.78, 5) is 11.0. The molecule has 6 nitrogen and oxygen atoms in total. The number of amidine groups is 1. The highest BCUT2D eigenvalue weighted by Gasteiger charge is 2.16. The molecule has 2 heterocycles. The van der Waals surface area contributed by atoms with Gasteiger partial charge in [-0.05, 0) is 24.5 Å². The van der Waals surface area contributed by atoms with Crippen LogP contribution in [0.2, 0.25) is 0 Å². The van der Waals surface area contributed by atoms with Gasteiger partial charge in [0.05, 0.1) is 31.3 Å². The van der Waals surface area contributed by atoms with Crippen LogP contribution in [0.15, 0.2) is 28.4 Å². The zero-order valence-electron chi connectivity index (χ0n) is 13.0. The van der Waals surface area contributed by atoms with Crippen LogP contribution < -0.4 is 5.32 Å². The van der Waals surface area contributed by atoms with E-state index in [0.29, 0.717) is 28.7 Å². The molecule has 2 fully saturated rings. The summed E-state index contributed by atoms with van der Waals surface area (Å²) >= 11 is 1.29. The van der Waals surface area contributed by atoms with Crippen molar-refractivity contribution in [3.05, 3.63) is 35.1 Å². The van der Waals surface area contributed by atoms with Crippen LogP contribution in [0.5, 0.6) is 0 Å². The summed E-state index contributed by atoms with van der Waals surface area (Å²) < 4.78 is 25.0. The van der Waals surface area contributed by atoms with E-state index in [9.17, 15) is 9.18 Å². The predicted molar refractivity (Wildman–Crippen MR) is 90.7 cm³/mol. The van der Waals surface area contributed by atoms with Crippen LogP contribution in [0, 0.1) is 5.82 Å². The molecule has 2 aliphatic heterocycles. The van der Waals surface area contributed by atoms with E-state index in [-0.39, 0.29) is 24.4 Å². The minimum atomic E-state index is -0.345. The van der Waals surface area contributed by atoms with Crippen LogP contribution in [-0.4, -0.2) is 42.4 Å². The van der Waals surface area contributed by atoms with Gasteiger partial charge in [0.25, 0.3) is 0 Å². The lowest BCUT2D eigenvalue weighted by Crippen LogP contribution is -2.19. The Morgan fingerprint density at radius 2 is 2.42 bits per heavy atom. The Bertz CT molecular complexity index is 660. The first-order chi connectivity index (χ1) is 11.7. The van der Waals surface area contributed by atoms with Crippen LogP contribution in [0.25, 0.3) is 0 Å². The number of hydrogen-bond acceptors (Lipinski definition) is 6. The van der Waals surface area contributed by atoms with Gasteiger partial charge in [-0.2, -0.15) is 5.10 Å². The van der Waals surface area contributed by atoms with E-state index in [1.807, 2.05) is 0 Å². The van der Waals surface area contributed by atoms with Crippen LogP contribution in [-0.2, 0) is 20.9 Å². The maximum Gasteiger partial charge on any atom is 0.236 e. The third-order valence-corrected chi connectivity index (χ3v) is 4.47. The third-order valence-electron chi connectivity index (χ3n) is 3.60. The van der Waals surface area contributed by atoms with Crippen molar-refractivity contribution in [1.82, 2.24) is 5.32 Å². The monoisotopic (exact) mass is 351 g/mol. The molecule has 3 rings (SSSR count). The Labute approximate surface area is 143 Å². The van der Waals surface area contributed by atoms with Gasteiger partial charge in [0.15, 0.2) is 5.17 Å². The average Bonchev–Trinajstić information content (AvgIpc) is 3.21. The highest BCUT2D eigenvalue weighted by Crippen LogP contribution is 2.15. The van der Waals surface area contributed by atoms with E-state index in [4.69, 9.17) is 9.47 Å². The maximum atomic E-state index is 14.1. The summed E-state index contributed by atoms with van der Waals surface area (Å²) in [5.74, 6) is -0.0846. The number of hydrogen-bond donors (Lipinski definition) is 1. The van der Waals surface area contributed by atoms with Crippen molar-refractivity contribution in [3.8, 4) is 0 Å². The number of carbonyl (C=O) groups excluding carboxylic acids is 1. The molecular formula is C16H18FN3O3S. The molecule has 0 saturated carbocycles. The number of thioether (sulfide) groups is 1. The predicted octanol–water partition coefficient (Wildman–Crippen LogP) is 2.07. The maximum absolute atomic E-state index is 14.1. The lowest BCUT2D eigenvalue weighted by Gasteiger charge is -2.10. The van der Waals surface area contributed by atoms with Crippen LogP contribution in [0.4, 0.5) is 4.39 Å². The fourth-order valence-corrected chi connectivity index (χ4v) is 3.00. The summed E-state index contributed by atoms with van der Waals surface area (Å²) in [5, 5.41) is 10.7. The molecule has 2 saturated heterocycles. The zero-order chi connectivity index (χ0) is 16.8. The zero-order valence-corrected chi connectivity index (χ0v) is 13.9. The van der Waals surface area contributed by atoms with Crippen LogP contribution in [0.3, 0.4) is 0 Å². The second kappa shape index (κ2) is 8.36. The van der Waals surface area contributed by atoms with Gasteiger partial charge in [-0.1, -0.05) is 23.9 Å². The number of rotatable bonds is 6. The third kappa shape index (κ3) is 4.86. The first kappa shape index (κ1) is 17.1. The highest BCUT2D eigenvalue weighted by molar-refractivity contribution is 8.15. The Kier molecular flexibility index (Phi) is 5.95. The highest BCUT2D eigenvalue weighted by atomic mass is 32.2. The molecule has 1 N–H and O–H groups in total. The van der Waals surface area contributed by atoms with Crippen LogP contribution in [0.1, 0.15) is 24.0 Å². The quantitative estimate of drug-likeness (QED) is 0.629. The summed E-state index contributed by atoms with van der Waals surface area (Å²) in [6.07, 6.45) is 3.63. The number of carbonyl (C=O) groups is 1. The minimum absolute atomic E-state index is 0.0904. The number of halogens is 1. The van der Waals surface area contributed by atoms with E-state index in [0.717, 1.165) is 19.4 Å². The van der Waals surface area contributed by atoms with Gasteiger partial charge in [-0.25, -0.2) is 4.39 Å². The summed E-state index contributed by atoms with van der Waals surface area (Å²) in [6, 6.07) is 4.80. The Hall–Kier alpha value is -1.77. The molecule has 8 heteroatoms. The molecule has 1 unspecified atom stereocenters. The van der Waals surface area contributed by atoms with Crippen molar-refractivity contribution >= 4 is 29.1 Å². The molecule has 0 aromatic heterocycles. The van der Waals surface area contributed by atoms with Crippen molar-refractivity contribution in [1.29, 1.82) is 0 Å². The second-order valence-corrected chi connectivity index (χ2v) is 6.45. The van der Waals surface area contributed by atoms with Gasteiger partial charge in [0.2, 0.25) is 5.91 Å². The second-order valence-electron chi connectivity index (χ2n) is 5.49. The van der Waals surface area contributed by atoms with Gasteiger partial charge in [-0.15, -0.1) is 5.10 Å². The van der Waals surface area contributed by atoms with Gasteiger partial charge in [0, 0.05) is 12.2 Å². The molecule has 1 amide bonds. The minimum Gasteiger partial charge on any atom is -0.376 e. The SMILES string of the molecule is O=C1CSC(=NN=Cc2ccc(COCC3CCCO3)c(F)c2)N1. The van der Waals surface area contributed by atoms with Crippen molar-refractivity contribution < 1.29 is 18.7 Å². The summed E-state index contributed by atoms with van der Waals surface area (Å²) in [6.45, 7) is 1.49. The number of benzene rings is 1. The molecule has 2 aliphatic rings.